The van der Waals surface area contributed by atoms with Gasteiger partial charge in [-0.3, -0.25) is 4.79 Å². The van der Waals surface area contributed by atoms with Gasteiger partial charge < -0.3 is 24.6 Å². The zero-order chi connectivity index (χ0) is 46.9. The van der Waals surface area contributed by atoms with Crippen LogP contribution in [0.5, 0.6) is 11.5 Å². The second-order valence-corrected chi connectivity index (χ2v) is 21.5. The molecule has 6 heterocycles. The number of benzene rings is 2. The van der Waals surface area contributed by atoms with Crippen molar-refractivity contribution in [2.45, 2.75) is 56.7 Å². The molecular formula is C46H61Cl2FIN12O5-. The zero-order valence-corrected chi connectivity index (χ0v) is 42.2. The van der Waals surface area contributed by atoms with Crippen molar-refractivity contribution in [3.05, 3.63) is 58.6 Å². The van der Waals surface area contributed by atoms with Crippen LogP contribution in [0.1, 0.15) is 46.5 Å². The van der Waals surface area contributed by atoms with E-state index in [0.29, 0.717) is 95.9 Å². The quantitative estimate of drug-likeness (QED) is 0.0664. The average Bonchev–Trinajstić information content (AvgIpc) is 3.33. The third kappa shape index (κ3) is 13.2. The molecule has 2 unspecified atom stereocenters. The molecule has 0 bridgehead atoms. The van der Waals surface area contributed by atoms with Gasteiger partial charge in [0.2, 0.25) is 5.91 Å². The van der Waals surface area contributed by atoms with Crippen LogP contribution in [0.3, 0.4) is 0 Å². The third-order valence-corrected chi connectivity index (χ3v) is 16.1. The maximum atomic E-state index is 15.8. The molecule has 4 N–H and O–H groups in total. The van der Waals surface area contributed by atoms with Gasteiger partial charge in [-0.1, -0.05) is 11.6 Å². The van der Waals surface area contributed by atoms with E-state index in [-0.39, 0.29) is 27.9 Å². The first kappa shape index (κ1) is 49.0. The number of piperazine rings is 2. The first-order chi connectivity index (χ1) is 32.5. The van der Waals surface area contributed by atoms with Gasteiger partial charge in [0.15, 0.2) is 0 Å². The van der Waals surface area contributed by atoms with Gasteiger partial charge in [0.05, 0.1) is 11.8 Å². The van der Waals surface area contributed by atoms with Crippen molar-refractivity contribution in [2.24, 2.45) is 11.8 Å². The molecule has 4 aliphatic rings. The molecule has 0 saturated carbocycles. The van der Waals surface area contributed by atoms with E-state index in [9.17, 15) is 4.79 Å². The number of carbonyl (C=O) groups excluding carboxylic acids is 1. The summed E-state index contributed by atoms with van der Waals surface area (Å²) >= 11 is 12.6. The van der Waals surface area contributed by atoms with Crippen LogP contribution in [0.15, 0.2) is 42.7 Å². The molecule has 0 aliphatic carbocycles. The molecule has 4 saturated heterocycles. The standard InChI is InChI=1S/C46H61Cl2FIN12O5/c1-29(2)67-41-22-33(5-6-38(41)60-12-10-59(11-13-60)30(3)63)55-45-53-27-34(47)44(57-45)52-26-32-9-20-66-42(21-32)50-62-16-14-61(15-17-62)39-24-40(64-4)37(23-36(39)49)56-46-54-28-35(48)43(58-46)51-25-31-7-18-65-19-8-31/h5-6,22-24,27-29,31-32,42H,7-21,25-26H2,1-4H3,(H2,51,54,56,58)(H2,52,53,55,57)/q-1. The fourth-order valence-corrected chi connectivity index (χ4v) is 12.1. The molecule has 0 radical (unpaired) electrons. The van der Waals surface area contributed by atoms with Crippen LogP contribution in [0.4, 0.5) is 50.7 Å². The summed E-state index contributed by atoms with van der Waals surface area (Å²) in [6, 6.07) is 9.18. The van der Waals surface area contributed by atoms with Gasteiger partial charge in [0, 0.05) is 52.9 Å². The molecular weight excluding hydrogens is 1020 g/mol. The summed E-state index contributed by atoms with van der Waals surface area (Å²) in [4.78, 5) is 36.2. The first-order valence-corrected chi connectivity index (χ1v) is 26.0. The van der Waals surface area contributed by atoms with Crippen molar-refractivity contribution in [2.75, 3.05) is 123 Å². The Labute approximate surface area is 412 Å². The molecule has 67 heavy (non-hydrogen) atoms. The summed E-state index contributed by atoms with van der Waals surface area (Å²) in [5, 5.41) is 14.2. The van der Waals surface area contributed by atoms with Gasteiger partial charge in [0.1, 0.15) is 5.02 Å². The summed E-state index contributed by atoms with van der Waals surface area (Å²) in [6.45, 7) is 15.1. The van der Waals surface area contributed by atoms with Crippen LogP contribution in [0.2, 0.25) is 10.0 Å². The number of ether oxygens (including phenoxy) is 4. The van der Waals surface area contributed by atoms with Crippen LogP contribution in [0, 0.1) is 17.7 Å². The van der Waals surface area contributed by atoms with Gasteiger partial charge in [-0.25, -0.2) is 0 Å². The Kier molecular flexibility index (Phi) is 17.0. The molecule has 2 atom stereocenters. The van der Waals surface area contributed by atoms with Gasteiger partial charge in [0.25, 0.3) is 0 Å². The Hall–Kier alpha value is -4.41. The molecule has 4 fully saturated rings. The van der Waals surface area contributed by atoms with Crippen molar-refractivity contribution < 1.29 is 49.6 Å². The Morgan fingerprint density at radius 3 is 2.10 bits per heavy atom. The van der Waals surface area contributed by atoms with Crippen LogP contribution < -0.4 is 62.0 Å². The number of hydrogen-bond donors (Lipinski definition) is 4. The molecule has 4 aliphatic heterocycles. The summed E-state index contributed by atoms with van der Waals surface area (Å²) < 4.78 is 42.3. The van der Waals surface area contributed by atoms with Gasteiger partial charge in [-0.2, -0.15) is 0 Å². The minimum atomic E-state index is -0.423. The number of anilines is 8. The molecule has 4 aromatic rings. The summed E-state index contributed by atoms with van der Waals surface area (Å²) in [7, 11) is 1.57. The second-order valence-electron chi connectivity index (χ2n) is 17.4. The molecule has 8 rings (SSSR count). The number of aromatic nitrogens is 4. The second kappa shape index (κ2) is 23.3. The SMILES string of the molecule is COc1cc(N2CCN([I-]C3CC(CNc4nc(Nc5ccc(N6CCN(C(C)=O)CC6)c(OC(C)C)c5)ncc4Cl)CCO3)CC2)c(F)cc1Nc1ncc(Cl)c(NCC2CCOCC2)n1. The number of hydrogen-bond acceptors (Lipinski definition) is 16. The van der Waals surface area contributed by atoms with Crippen LogP contribution in [-0.4, -0.2) is 136 Å². The zero-order valence-electron chi connectivity index (χ0n) is 38.5. The molecule has 2 aromatic heterocycles. The number of nitrogens with one attached hydrogen (secondary N) is 4. The monoisotopic (exact) mass is 1080 g/mol. The molecule has 1 amide bonds. The van der Waals surface area contributed by atoms with E-state index in [0.717, 1.165) is 88.7 Å². The number of methoxy groups -OCH3 is 1. The third-order valence-electron chi connectivity index (χ3n) is 12.3. The van der Waals surface area contributed by atoms with E-state index in [2.05, 4.69) is 49.1 Å². The number of rotatable bonds is 17. The molecule has 0 spiro atoms. The summed E-state index contributed by atoms with van der Waals surface area (Å²) in [5.41, 5.74) is 2.70. The van der Waals surface area contributed by atoms with Gasteiger partial charge in [-0.15, -0.1) is 0 Å². The maximum absolute atomic E-state index is 15.8. The van der Waals surface area contributed by atoms with Crippen molar-refractivity contribution in [1.29, 1.82) is 0 Å². The van der Waals surface area contributed by atoms with Crippen LogP contribution in [-0.2, 0) is 14.3 Å². The van der Waals surface area contributed by atoms with Crippen molar-refractivity contribution in [1.82, 2.24) is 27.9 Å². The van der Waals surface area contributed by atoms with Gasteiger partial charge in [-0.05, 0) is 32.6 Å². The molecule has 17 nitrogen and oxygen atoms in total. The summed E-state index contributed by atoms with van der Waals surface area (Å²) in [6.07, 6.45) is 6.97. The van der Waals surface area contributed by atoms with Crippen LogP contribution >= 0.6 is 23.2 Å². The Morgan fingerprint density at radius 2 is 1.45 bits per heavy atom. The van der Waals surface area contributed by atoms with E-state index in [1.807, 2.05) is 36.9 Å². The summed E-state index contributed by atoms with van der Waals surface area (Å²) in [5.74, 6) is 3.65. The topological polar surface area (TPSA) is 167 Å². The number of alkyl halides is 1. The van der Waals surface area contributed by atoms with Crippen LogP contribution in [0.25, 0.3) is 0 Å². The van der Waals surface area contributed by atoms with Crippen molar-refractivity contribution >= 4 is 75.4 Å². The fourth-order valence-electron chi connectivity index (χ4n) is 8.54. The van der Waals surface area contributed by atoms with E-state index in [1.165, 1.54) is 12.3 Å². The fraction of sp³-hybridized carbons (Fsp3) is 0.543. The number of nitrogens with zero attached hydrogens (tertiary/aromatic N) is 8. The average molecular weight is 1080 g/mol. The molecule has 364 valence electrons. The minimum absolute atomic E-state index is 0.0229. The Morgan fingerprint density at radius 1 is 0.821 bits per heavy atom. The number of carbonyl (C=O) groups is 1. The van der Waals surface area contributed by atoms with E-state index in [1.54, 1.807) is 26.3 Å². The van der Waals surface area contributed by atoms with E-state index < -0.39 is 21.5 Å². The van der Waals surface area contributed by atoms with E-state index >= 15 is 4.39 Å². The Balaban J connectivity index is 0.811. The molecule has 2 aromatic carbocycles. The first-order valence-electron chi connectivity index (χ1n) is 23.1. The predicted octanol–water partition coefficient (Wildman–Crippen LogP) is 4.49. The normalized spacial score (nSPS) is 19.7. The van der Waals surface area contributed by atoms with Crippen molar-refractivity contribution in [3.8, 4) is 11.5 Å². The Bertz CT molecular complexity index is 2300. The van der Waals surface area contributed by atoms with Crippen molar-refractivity contribution in [3.63, 3.8) is 0 Å². The number of halogens is 4. The molecule has 21 heteroatoms. The number of amides is 1. The predicted molar refractivity (Wildman–Crippen MR) is 257 cm³/mol. The van der Waals surface area contributed by atoms with Gasteiger partial charge >= 0.3 is 266 Å². The van der Waals surface area contributed by atoms with E-state index in [4.69, 9.17) is 47.1 Å².